The number of pyridine rings is 1. The number of aromatic nitrogens is 1. The molecule has 0 spiro atoms. The third-order valence-electron chi connectivity index (χ3n) is 1.30. The largest absolute Gasteiger partial charge is 0.224 e. The van der Waals surface area contributed by atoms with Gasteiger partial charge in [0.1, 0.15) is 0 Å². The van der Waals surface area contributed by atoms with E-state index in [2.05, 4.69) is 16.8 Å². The van der Waals surface area contributed by atoms with Crippen molar-refractivity contribution in [2.45, 2.75) is 6.92 Å². The van der Waals surface area contributed by atoms with Crippen molar-refractivity contribution < 1.29 is 4.39 Å². The topological polar surface area (TPSA) is 36.7 Å². The first kappa shape index (κ1) is 8.23. The maximum atomic E-state index is 12.4. The molecule has 0 amide bonds. The summed E-state index contributed by atoms with van der Waals surface area (Å²) in [6.07, 6.45) is 0. The lowest BCUT2D eigenvalue weighted by molar-refractivity contribution is 0.579. The second-order valence-electron chi connectivity index (χ2n) is 2.13. The fourth-order valence-electron chi connectivity index (χ4n) is 0.758. The number of hydrogen-bond donors (Lipinski definition) is 0. The number of halogens is 1. The van der Waals surface area contributed by atoms with Gasteiger partial charge in [0.15, 0.2) is 6.07 Å². The predicted octanol–water partition coefficient (Wildman–Crippen LogP) is 1.40. The molecule has 0 N–H and O–H groups in total. The Morgan fingerprint density at radius 3 is 2.83 bits per heavy atom. The zero-order chi connectivity index (χ0) is 8.97. The van der Waals surface area contributed by atoms with Gasteiger partial charge in [-0.2, -0.15) is 9.65 Å². The molecule has 1 rings (SSSR count). The number of rotatable bonds is 0. The van der Waals surface area contributed by atoms with Crippen LogP contribution in [0, 0.1) is 36.0 Å². The molecule has 0 aliphatic rings. The highest BCUT2D eigenvalue weighted by molar-refractivity contribution is 5.39. The van der Waals surface area contributed by atoms with E-state index in [1.165, 1.54) is 12.1 Å². The second kappa shape index (κ2) is 3.50. The van der Waals surface area contributed by atoms with Crippen molar-refractivity contribution in [1.29, 1.82) is 5.26 Å². The second-order valence-corrected chi connectivity index (χ2v) is 2.13. The molecule has 0 saturated carbocycles. The summed E-state index contributed by atoms with van der Waals surface area (Å²) in [6.45, 7) is 1.64. The molecule has 0 saturated heterocycles. The molecular weight excluding hydrogens is 155 g/mol. The fraction of sp³-hybridized carbons (Fsp3) is 0.111. The highest BCUT2D eigenvalue weighted by Crippen LogP contribution is 2.03. The number of aryl methyl sites for hydroxylation is 1. The van der Waals surface area contributed by atoms with Crippen LogP contribution in [-0.4, -0.2) is 4.98 Å². The van der Waals surface area contributed by atoms with E-state index in [9.17, 15) is 4.39 Å². The van der Waals surface area contributed by atoms with Crippen molar-refractivity contribution >= 4 is 0 Å². The molecule has 0 aliphatic heterocycles. The van der Waals surface area contributed by atoms with Gasteiger partial charge in [0.05, 0.1) is 5.69 Å². The van der Waals surface area contributed by atoms with Crippen LogP contribution in [0.3, 0.4) is 0 Å². The lowest BCUT2D eigenvalue weighted by atomic mass is 10.2. The van der Waals surface area contributed by atoms with Crippen LogP contribution in [0.2, 0.25) is 0 Å². The summed E-state index contributed by atoms with van der Waals surface area (Å²) in [5.74, 6) is 4.24. The van der Waals surface area contributed by atoms with Gasteiger partial charge in [0.2, 0.25) is 5.95 Å². The molecule has 0 aromatic carbocycles. The van der Waals surface area contributed by atoms with E-state index < -0.39 is 5.95 Å². The molecule has 2 nitrogen and oxygen atoms in total. The monoisotopic (exact) mass is 160 g/mol. The summed E-state index contributed by atoms with van der Waals surface area (Å²) in [7, 11) is 0. The minimum Gasteiger partial charge on any atom is -0.224 e. The van der Waals surface area contributed by atoms with Gasteiger partial charge in [-0.25, -0.2) is 4.98 Å². The van der Waals surface area contributed by atoms with Gasteiger partial charge < -0.3 is 0 Å². The van der Waals surface area contributed by atoms with E-state index in [1.54, 1.807) is 13.0 Å². The maximum Gasteiger partial charge on any atom is 0.213 e. The van der Waals surface area contributed by atoms with Crippen molar-refractivity contribution in [3.8, 4) is 17.9 Å². The molecular formula is C9H5FN2. The summed E-state index contributed by atoms with van der Waals surface area (Å²) in [6, 6.07) is 4.39. The predicted molar refractivity (Wildman–Crippen MR) is 41.4 cm³/mol. The van der Waals surface area contributed by atoms with Crippen LogP contribution in [0.15, 0.2) is 12.1 Å². The van der Waals surface area contributed by atoms with Crippen molar-refractivity contribution in [2.24, 2.45) is 0 Å². The normalized spacial score (nSPS) is 8.08. The molecule has 0 bridgehead atoms. The molecule has 3 heteroatoms. The van der Waals surface area contributed by atoms with Crippen LogP contribution in [-0.2, 0) is 0 Å². The number of hydrogen-bond acceptors (Lipinski definition) is 2. The molecule has 0 fully saturated rings. The van der Waals surface area contributed by atoms with Crippen molar-refractivity contribution in [3.63, 3.8) is 0 Å². The summed E-state index contributed by atoms with van der Waals surface area (Å²) in [4.78, 5) is 3.55. The molecule has 1 heterocycles. The lowest BCUT2D eigenvalue weighted by Gasteiger charge is -1.94. The van der Waals surface area contributed by atoms with Crippen LogP contribution < -0.4 is 0 Å². The Balaban J connectivity index is 3.12. The number of nitrogens with zero attached hydrogens (tertiary/aromatic N) is 2. The zero-order valence-electron chi connectivity index (χ0n) is 6.43. The van der Waals surface area contributed by atoms with E-state index in [-0.39, 0.29) is 0 Å². The minimum atomic E-state index is -0.532. The van der Waals surface area contributed by atoms with Gasteiger partial charge >= 0.3 is 0 Å². The van der Waals surface area contributed by atoms with E-state index in [0.29, 0.717) is 11.3 Å². The Morgan fingerprint density at radius 2 is 2.25 bits per heavy atom. The molecule has 1 aromatic rings. The van der Waals surface area contributed by atoms with Gasteiger partial charge in [0, 0.05) is 11.5 Å². The lowest BCUT2D eigenvalue weighted by Crippen LogP contribution is -1.90. The summed E-state index contributed by atoms with van der Waals surface area (Å²) in [5, 5.41) is 8.15. The minimum absolute atomic E-state index is 0.498. The smallest absolute Gasteiger partial charge is 0.213 e. The van der Waals surface area contributed by atoms with Crippen LogP contribution in [0.1, 0.15) is 11.3 Å². The maximum absolute atomic E-state index is 12.4. The summed E-state index contributed by atoms with van der Waals surface area (Å²) < 4.78 is 12.4. The first-order chi connectivity index (χ1) is 5.74. The molecule has 0 unspecified atom stereocenters. The first-order valence-electron chi connectivity index (χ1n) is 3.27. The third kappa shape index (κ3) is 1.81. The average Bonchev–Trinajstić information content (AvgIpc) is 2.03. The highest BCUT2D eigenvalue weighted by atomic mass is 19.1. The van der Waals surface area contributed by atoms with Gasteiger partial charge in [-0.3, -0.25) is 0 Å². The van der Waals surface area contributed by atoms with E-state index in [4.69, 9.17) is 5.26 Å². The summed E-state index contributed by atoms with van der Waals surface area (Å²) >= 11 is 0. The van der Waals surface area contributed by atoms with Crippen molar-refractivity contribution in [1.82, 2.24) is 4.98 Å². The van der Waals surface area contributed by atoms with Gasteiger partial charge in [-0.15, -0.1) is 0 Å². The van der Waals surface area contributed by atoms with Gasteiger partial charge in [0.25, 0.3) is 0 Å². The Morgan fingerprint density at radius 1 is 1.50 bits per heavy atom. The average molecular weight is 160 g/mol. The standard InChI is InChI=1S/C9H5FN2/c1-7-8(3-2-6-11)4-5-9(10)12-7/h4-5H,1H3. The van der Waals surface area contributed by atoms with E-state index in [1.807, 2.05) is 0 Å². The van der Waals surface area contributed by atoms with Gasteiger partial charge in [-0.05, 0) is 25.0 Å². The Hall–Kier alpha value is -1.87. The summed E-state index contributed by atoms with van der Waals surface area (Å²) in [5.41, 5.74) is 1.08. The molecule has 12 heavy (non-hydrogen) atoms. The van der Waals surface area contributed by atoms with Crippen molar-refractivity contribution in [2.75, 3.05) is 0 Å². The first-order valence-corrected chi connectivity index (χ1v) is 3.27. The van der Waals surface area contributed by atoms with Crippen LogP contribution in [0.25, 0.3) is 0 Å². The van der Waals surface area contributed by atoms with E-state index in [0.717, 1.165) is 0 Å². The quantitative estimate of drug-likeness (QED) is 0.425. The Kier molecular flexibility index (Phi) is 2.40. The Labute approximate surface area is 69.7 Å². The Bertz CT molecular complexity index is 393. The molecule has 1 aromatic heterocycles. The number of nitriles is 1. The molecule has 0 atom stereocenters. The molecule has 0 radical (unpaired) electrons. The molecule has 0 aliphatic carbocycles. The third-order valence-corrected chi connectivity index (χ3v) is 1.30. The van der Waals surface area contributed by atoms with Crippen molar-refractivity contribution in [3.05, 3.63) is 29.3 Å². The van der Waals surface area contributed by atoms with Gasteiger partial charge in [-0.1, -0.05) is 0 Å². The van der Waals surface area contributed by atoms with Crippen LogP contribution >= 0.6 is 0 Å². The zero-order valence-corrected chi connectivity index (χ0v) is 6.43. The van der Waals surface area contributed by atoms with E-state index >= 15 is 0 Å². The fourth-order valence-corrected chi connectivity index (χ4v) is 0.758. The SMILES string of the molecule is Cc1nc(F)ccc1C#CC#N. The van der Waals surface area contributed by atoms with Crippen LogP contribution in [0.4, 0.5) is 4.39 Å². The van der Waals surface area contributed by atoms with Crippen LogP contribution in [0.5, 0.6) is 0 Å². The highest BCUT2D eigenvalue weighted by Gasteiger charge is 1.96. The molecule has 58 valence electrons.